The molecule has 2 aromatic heterocycles. The second-order valence-electron chi connectivity index (χ2n) is 5.39. The van der Waals surface area contributed by atoms with Crippen molar-refractivity contribution in [3.05, 3.63) is 47.4 Å². The fraction of sp³-hybridized carbons (Fsp3) is 0.125. The molecule has 7 heteroatoms. The van der Waals surface area contributed by atoms with E-state index in [4.69, 9.17) is 0 Å². The van der Waals surface area contributed by atoms with E-state index in [0.29, 0.717) is 27.9 Å². The van der Waals surface area contributed by atoms with Gasteiger partial charge >= 0.3 is 0 Å². The van der Waals surface area contributed by atoms with E-state index in [-0.39, 0.29) is 23.2 Å². The molecule has 0 saturated heterocycles. The number of rotatable bonds is 1. The van der Waals surface area contributed by atoms with Crippen molar-refractivity contribution in [3.63, 3.8) is 0 Å². The molecule has 0 aliphatic carbocycles. The third-order valence-corrected chi connectivity index (χ3v) is 4.02. The van der Waals surface area contributed by atoms with Gasteiger partial charge in [0, 0.05) is 25.9 Å². The molecule has 0 atom stereocenters. The number of fused-ring (bicyclic) bond motifs is 3. The maximum Gasteiger partial charge on any atom is 0.262 e. The summed E-state index contributed by atoms with van der Waals surface area (Å²) in [4.78, 5) is 29.9. The maximum atomic E-state index is 13.2. The summed E-state index contributed by atoms with van der Waals surface area (Å²) in [5.74, 6) is -1.12. The van der Waals surface area contributed by atoms with Crippen LogP contribution in [0.15, 0.2) is 30.5 Å². The van der Waals surface area contributed by atoms with Crippen LogP contribution in [0.25, 0.3) is 22.3 Å². The lowest BCUT2D eigenvalue weighted by molar-refractivity contribution is 0.0693. The standard InChI is InChI=1S/C16H11FN4O2/c1-20-15(22)10-7-18-14-12(11(10)16(20)23)13(19-21(14)2)8-3-5-9(17)6-4-8/h3-7H,1-2H3. The molecular weight excluding hydrogens is 299 g/mol. The van der Waals surface area contributed by atoms with Crippen LogP contribution < -0.4 is 0 Å². The van der Waals surface area contributed by atoms with Gasteiger partial charge in [0.25, 0.3) is 11.8 Å². The molecule has 4 rings (SSSR count). The number of carbonyl (C=O) groups is 2. The number of nitrogens with zero attached hydrogens (tertiary/aromatic N) is 4. The molecular formula is C16H11FN4O2. The number of halogens is 1. The number of carbonyl (C=O) groups excluding carboxylic acids is 2. The van der Waals surface area contributed by atoms with Gasteiger partial charge in [-0.25, -0.2) is 14.1 Å². The number of aryl methyl sites for hydroxylation is 1. The van der Waals surface area contributed by atoms with Gasteiger partial charge in [0.1, 0.15) is 11.5 Å². The average molecular weight is 310 g/mol. The number of amides is 2. The molecule has 1 aliphatic heterocycles. The van der Waals surface area contributed by atoms with Crippen molar-refractivity contribution in [2.75, 3.05) is 7.05 Å². The number of imide groups is 1. The van der Waals surface area contributed by atoms with Crippen LogP contribution in [0.2, 0.25) is 0 Å². The fourth-order valence-electron chi connectivity index (χ4n) is 2.85. The Hall–Kier alpha value is -3.09. The molecule has 1 aliphatic rings. The van der Waals surface area contributed by atoms with Crippen LogP contribution in [-0.2, 0) is 7.05 Å². The molecule has 0 spiro atoms. The zero-order valence-corrected chi connectivity index (χ0v) is 12.4. The summed E-state index contributed by atoms with van der Waals surface area (Å²) in [6.07, 6.45) is 1.40. The zero-order valence-electron chi connectivity index (χ0n) is 12.4. The summed E-state index contributed by atoms with van der Waals surface area (Å²) < 4.78 is 14.7. The second-order valence-corrected chi connectivity index (χ2v) is 5.39. The summed E-state index contributed by atoms with van der Waals surface area (Å²) in [6.45, 7) is 0. The third-order valence-electron chi connectivity index (χ3n) is 4.02. The Labute approximate surface area is 130 Å². The summed E-state index contributed by atoms with van der Waals surface area (Å²) in [7, 11) is 3.14. The van der Waals surface area contributed by atoms with Crippen molar-refractivity contribution < 1.29 is 14.0 Å². The molecule has 0 saturated carbocycles. The van der Waals surface area contributed by atoms with E-state index in [1.54, 1.807) is 23.9 Å². The minimum atomic E-state index is -0.381. The van der Waals surface area contributed by atoms with E-state index < -0.39 is 0 Å². The highest BCUT2D eigenvalue weighted by Gasteiger charge is 2.37. The molecule has 0 bridgehead atoms. The molecule has 0 unspecified atom stereocenters. The Balaban J connectivity index is 2.10. The molecule has 3 aromatic rings. The number of pyridine rings is 1. The van der Waals surface area contributed by atoms with Crippen LogP contribution in [0.1, 0.15) is 20.7 Å². The van der Waals surface area contributed by atoms with Crippen LogP contribution in [0.4, 0.5) is 4.39 Å². The molecule has 1 aromatic carbocycles. The topological polar surface area (TPSA) is 68.1 Å². The molecule has 2 amide bonds. The monoisotopic (exact) mass is 310 g/mol. The highest BCUT2D eigenvalue weighted by Crippen LogP contribution is 2.34. The molecule has 23 heavy (non-hydrogen) atoms. The Bertz CT molecular complexity index is 991. The lowest BCUT2D eigenvalue weighted by atomic mass is 10.0. The van der Waals surface area contributed by atoms with Crippen molar-refractivity contribution in [2.24, 2.45) is 7.05 Å². The van der Waals surface area contributed by atoms with Crippen molar-refractivity contribution >= 4 is 22.8 Å². The Morgan fingerprint density at radius 2 is 1.74 bits per heavy atom. The maximum absolute atomic E-state index is 13.2. The van der Waals surface area contributed by atoms with Gasteiger partial charge in [-0.2, -0.15) is 5.10 Å². The van der Waals surface area contributed by atoms with E-state index in [1.165, 1.54) is 25.4 Å². The van der Waals surface area contributed by atoms with Crippen LogP contribution in [0.3, 0.4) is 0 Å². The predicted octanol–water partition coefficient (Wildman–Crippen LogP) is 2.00. The SMILES string of the molecule is CN1C(=O)c2cnc3c(c(-c4ccc(F)cc4)nn3C)c2C1=O. The van der Waals surface area contributed by atoms with Gasteiger partial charge in [0.2, 0.25) is 0 Å². The van der Waals surface area contributed by atoms with E-state index in [9.17, 15) is 14.0 Å². The van der Waals surface area contributed by atoms with Crippen LogP contribution in [0.5, 0.6) is 0 Å². The molecule has 0 N–H and O–H groups in total. The first-order chi connectivity index (χ1) is 11.0. The van der Waals surface area contributed by atoms with E-state index in [0.717, 1.165) is 4.90 Å². The van der Waals surface area contributed by atoms with Gasteiger partial charge in [-0.05, 0) is 24.3 Å². The smallest absolute Gasteiger partial charge is 0.262 e. The van der Waals surface area contributed by atoms with Gasteiger partial charge < -0.3 is 0 Å². The molecule has 114 valence electrons. The zero-order chi connectivity index (χ0) is 16.3. The van der Waals surface area contributed by atoms with Crippen molar-refractivity contribution in [1.29, 1.82) is 0 Å². The highest BCUT2D eigenvalue weighted by atomic mass is 19.1. The number of aromatic nitrogens is 3. The van der Waals surface area contributed by atoms with Crippen molar-refractivity contribution in [3.8, 4) is 11.3 Å². The van der Waals surface area contributed by atoms with Crippen LogP contribution >= 0.6 is 0 Å². The fourth-order valence-corrected chi connectivity index (χ4v) is 2.85. The molecule has 0 radical (unpaired) electrons. The third kappa shape index (κ3) is 1.73. The minimum absolute atomic E-state index is 0.265. The first-order valence-electron chi connectivity index (χ1n) is 6.93. The Morgan fingerprint density at radius 3 is 2.43 bits per heavy atom. The first kappa shape index (κ1) is 13.6. The lowest BCUT2D eigenvalue weighted by Gasteiger charge is -2.03. The molecule has 6 nitrogen and oxygen atoms in total. The normalized spacial score (nSPS) is 14.0. The quantitative estimate of drug-likeness (QED) is 0.645. The van der Waals surface area contributed by atoms with E-state index in [1.807, 2.05) is 0 Å². The van der Waals surface area contributed by atoms with E-state index >= 15 is 0 Å². The first-order valence-corrected chi connectivity index (χ1v) is 6.93. The van der Waals surface area contributed by atoms with Crippen molar-refractivity contribution in [1.82, 2.24) is 19.7 Å². The average Bonchev–Trinajstić information content (AvgIpc) is 2.99. The van der Waals surface area contributed by atoms with E-state index in [2.05, 4.69) is 10.1 Å². The summed E-state index contributed by atoms with van der Waals surface area (Å²) in [6, 6.07) is 5.82. The summed E-state index contributed by atoms with van der Waals surface area (Å²) >= 11 is 0. The highest BCUT2D eigenvalue weighted by molar-refractivity contribution is 6.27. The minimum Gasteiger partial charge on any atom is -0.277 e. The molecule has 3 heterocycles. The van der Waals surface area contributed by atoms with Crippen LogP contribution in [-0.4, -0.2) is 38.5 Å². The van der Waals surface area contributed by atoms with Gasteiger partial charge in [0.05, 0.1) is 16.5 Å². The summed E-state index contributed by atoms with van der Waals surface area (Å²) in [5, 5.41) is 4.91. The van der Waals surface area contributed by atoms with Gasteiger partial charge in [0.15, 0.2) is 5.65 Å². The van der Waals surface area contributed by atoms with Crippen molar-refractivity contribution in [2.45, 2.75) is 0 Å². The Morgan fingerprint density at radius 1 is 1.04 bits per heavy atom. The molecule has 0 fully saturated rings. The number of benzene rings is 1. The Kier molecular flexibility index (Phi) is 2.63. The van der Waals surface area contributed by atoms with Gasteiger partial charge in [-0.1, -0.05) is 0 Å². The van der Waals surface area contributed by atoms with Gasteiger partial charge in [-0.15, -0.1) is 0 Å². The van der Waals surface area contributed by atoms with Crippen LogP contribution in [0, 0.1) is 5.82 Å². The second kappa shape index (κ2) is 4.45. The summed E-state index contributed by atoms with van der Waals surface area (Å²) in [5.41, 5.74) is 2.22. The largest absolute Gasteiger partial charge is 0.277 e. The predicted molar refractivity (Wildman–Crippen MR) is 80.3 cm³/mol. The number of hydrogen-bond donors (Lipinski definition) is 0. The number of hydrogen-bond acceptors (Lipinski definition) is 4. The van der Waals surface area contributed by atoms with Gasteiger partial charge in [-0.3, -0.25) is 14.5 Å². The lowest BCUT2D eigenvalue weighted by Crippen LogP contribution is -2.24.